The van der Waals surface area contributed by atoms with Crippen molar-refractivity contribution in [2.45, 2.75) is 70.5 Å². The molecule has 19 heavy (non-hydrogen) atoms. The van der Waals surface area contributed by atoms with Crippen LogP contribution < -0.4 is 0 Å². The number of ether oxygens (including phenoxy) is 1. The Morgan fingerprint density at radius 1 is 1.11 bits per heavy atom. The monoisotopic (exact) mass is 278 g/mol. The first kappa shape index (κ1) is 16.5. The Kier molecular flexibility index (Phi) is 4.15. The largest absolute Gasteiger partial charge is 0.386 e. The van der Waals surface area contributed by atoms with Gasteiger partial charge in [-0.25, -0.2) is 8.78 Å². The number of aliphatic hydroxyl groups is 1. The summed E-state index contributed by atoms with van der Waals surface area (Å²) in [4.78, 5) is 12.5. The Labute approximate surface area is 113 Å². The van der Waals surface area contributed by atoms with Crippen LogP contribution in [0, 0.1) is 5.41 Å². The van der Waals surface area contributed by atoms with Gasteiger partial charge < -0.3 is 9.84 Å². The van der Waals surface area contributed by atoms with Crippen LogP contribution in [0.5, 0.6) is 0 Å². The second-order valence-electron chi connectivity index (χ2n) is 6.70. The lowest BCUT2D eigenvalue weighted by Gasteiger charge is -2.48. The third kappa shape index (κ3) is 2.97. The van der Waals surface area contributed by atoms with E-state index in [9.17, 15) is 18.7 Å². The number of rotatable bonds is 3. The molecule has 0 amide bonds. The van der Waals surface area contributed by atoms with Crippen LogP contribution in [-0.4, -0.2) is 35.1 Å². The highest BCUT2D eigenvalue weighted by Gasteiger charge is 2.58. The zero-order valence-electron chi connectivity index (χ0n) is 12.3. The number of halogens is 2. The molecule has 112 valence electrons. The molecule has 1 fully saturated rings. The minimum Gasteiger partial charge on any atom is -0.386 e. The third-order valence-corrected chi connectivity index (χ3v) is 4.22. The fraction of sp³-hybridized carbons (Fsp3) is 0.929. The standard InChI is InChI=1S/C14H24F2O3/c1-11(2,3)10(17)12(4,19-5)13(18)6-8-14(15,16)9-7-13/h18H,6-9H2,1-5H3. The molecule has 0 aliphatic heterocycles. The molecular weight excluding hydrogens is 254 g/mol. The van der Waals surface area contributed by atoms with E-state index in [2.05, 4.69) is 0 Å². The second kappa shape index (κ2) is 4.77. The number of methoxy groups -OCH3 is 1. The Bertz CT molecular complexity index is 350. The summed E-state index contributed by atoms with van der Waals surface area (Å²) in [5, 5.41) is 10.7. The number of ketones is 1. The lowest BCUT2D eigenvalue weighted by molar-refractivity contribution is -0.207. The number of Topliss-reactive ketones (excluding diaryl/α,β-unsaturated/α-hetero) is 1. The molecule has 0 bridgehead atoms. The maximum Gasteiger partial charge on any atom is 0.248 e. The Morgan fingerprint density at radius 2 is 1.53 bits per heavy atom. The first-order valence-corrected chi connectivity index (χ1v) is 6.58. The van der Waals surface area contributed by atoms with Crippen molar-refractivity contribution >= 4 is 5.78 Å². The van der Waals surface area contributed by atoms with Crippen LogP contribution in [0.15, 0.2) is 0 Å². The second-order valence-corrected chi connectivity index (χ2v) is 6.70. The SMILES string of the molecule is COC(C)(C(=O)C(C)(C)C)C1(O)CCC(F)(F)CC1. The molecule has 0 heterocycles. The van der Waals surface area contributed by atoms with Gasteiger partial charge in [0.25, 0.3) is 0 Å². The zero-order chi connectivity index (χ0) is 15.1. The minimum absolute atomic E-state index is 0.133. The first-order valence-electron chi connectivity index (χ1n) is 6.58. The highest BCUT2D eigenvalue weighted by molar-refractivity contribution is 5.92. The van der Waals surface area contributed by atoms with Gasteiger partial charge in [-0.1, -0.05) is 20.8 Å². The summed E-state index contributed by atoms with van der Waals surface area (Å²) >= 11 is 0. The van der Waals surface area contributed by atoms with E-state index in [1.807, 2.05) is 0 Å². The van der Waals surface area contributed by atoms with Crippen molar-refractivity contribution in [3.05, 3.63) is 0 Å². The summed E-state index contributed by atoms with van der Waals surface area (Å²) in [6.07, 6.45) is -1.10. The Balaban J connectivity index is 3.06. The highest BCUT2D eigenvalue weighted by atomic mass is 19.3. The van der Waals surface area contributed by atoms with Crippen molar-refractivity contribution < 1.29 is 23.4 Å². The van der Waals surface area contributed by atoms with E-state index < -0.39 is 35.4 Å². The van der Waals surface area contributed by atoms with Gasteiger partial charge in [-0.15, -0.1) is 0 Å². The van der Waals surface area contributed by atoms with Crippen molar-refractivity contribution in [1.29, 1.82) is 0 Å². The molecule has 0 saturated heterocycles. The van der Waals surface area contributed by atoms with Crippen LogP contribution in [-0.2, 0) is 9.53 Å². The normalized spacial score (nSPS) is 25.7. The molecule has 0 radical (unpaired) electrons. The number of carbonyl (C=O) groups excluding carboxylic acids is 1. The number of alkyl halides is 2. The van der Waals surface area contributed by atoms with Gasteiger partial charge in [0, 0.05) is 25.4 Å². The molecule has 1 aliphatic carbocycles. The number of hydrogen-bond acceptors (Lipinski definition) is 3. The molecule has 0 aromatic carbocycles. The van der Waals surface area contributed by atoms with E-state index in [1.54, 1.807) is 20.8 Å². The molecule has 1 N–H and O–H groups in total. The molecule has 1 unspecified atom stereocenters. The molecular formula is C14H24F2O3. The average molecular weight is 278 g/mol. The third-order valence-electron chi connectivity index (χ3n) is 4.22. The zero-order valence-corrected chi connectivity index (χ0v) is 12.3. The molecule has 3 nitrogen and oxygen atoms in total. The van der Waals surface area contributed by atoms with Crippen molar-refractivity contribution in [2.24, 2.45) is 5.41 Å². The van der Waals surface area contributed by atoms with Crippen LogP contribution in [0.25, 0.3) is 0 Å². The predicted molar refractivity (Wildman–Crippen MR) is 68.2 cm³/mol. The average Bonchev–Trinajstić information content (AvgIpc) is 2.30. The molecule has 0 aromatic heterocycles. The summed E-state index contributed by atoms with van der Waals surface area (Å²) < 4.78 is 31.8. The molecule has 1 rings (SSSR count). The minimum atomic E-state index is -2.76. The van der Waals surface area contributed by atoms with Crippen molar-refractivity contribution in [2.75, 3.05) is 7.11 Å². The summed E-state index contributed by atoms with van der Waals surface area (Å²) in [7, 11) is 1.34. The van der Waals surface area contributed by atoms with Gasteiger partial charge >= 0.3 is 0 Å². The van der Waals surface area contributed by atoms with Crippen molar-refractivity contribution in [1.82, 2.24) is 0 Å². The quantitative estimate of drug-likeness (QED) is 0.863. The van der Waals surface area contributed by atoms with E-state index in [1.165, 1.54) is 14.0 Å². The summed E-state index contributed by atoms with van der Waals surface area (Å²) in [5.41, 5.74) is -3.70. The number of hydrogen-bond donors (Lipinski definition) is 1. The molecule has 1 aliphatic rings. The maximum absolute atomic E-state index is 13.2. The first-order chi connectivity index (χ1) is 8.38. The highest BCUT2D eigenvalue weighted by Crippen LogP contribution is 2.46. The Morgan fingerprint density at radius 3 is 1.84 bits per heavy atom. The van der Waals surface area contributed by atoms with Gasteiger partial charge in [0.2, 0.25) is 5.92 Å². The van der Waals surface area contributed by atoms with Gasteiger partial charge in [0.05, 0.1) is 0 Å². The lowest BCUT2D eigenvalue weighted by Crippen LogP contribution is -2.63. The molecule has 0 spiro atoms. The van der Waals surface area contributed by atoms with E-state index in [0.717, 1.165) is 0 Å². The summed E-state index contributed by atoms with van der Waals surface area (Å²) in [6.45, 7) is 6.69. The van der Waals surface area contributed by atoms with E-state index in [-0.39, 0.29) is 18.6 Å². The van der Waals surface area contributed by atoms with Crippen LogP contribution in [0.3, 0.4) is 0 Å². The molecule has 5 heteroatoms. The molecule has 1 saturated carbocycles. The predicted octanol–water partition coefficient (Wildman–Crippen LogP) is 2.95. The topological polar surface area (TPSA) is 46.5 Å². The summed E-state index contributed by atoms with van der Waals surface area (Å²) in [6, 6.07) is 0. The molecule has 1 atom stereocenters. The van der Waals surface area contributed by atoms with Gasteiger partial charge in [-0.2, -0.15) is 0 Å². The van der Waals surface area contributed by atoms with E-state index >= 15 is 0 Å². The van der Waals surface area contributed by atoms with Crippen LogP contribution in [0.4, 0.5) is 8.78 Å². The van der Waals surface area contributed by atoms with E-state index in [0.29, 0.717) is 0 Å². The van der Waals surface area contributed by atoms with Crippen LogP contribution in [0.1, 0.15) is 53.4 Å². The fourth-order valence-electron chi connectivity index (χ4n) is 2.72. The van der Waals surface area contributed by atoms with Crippen LogP contribution >= 0.6 is 0 Å². The number of carbonyl (C=O) groups is 1. The fourth-order valence-corrected chi connectivity index (χ4v) is 2.72. The van der Waals surface area contributed by atoms with Crippen molar-refractivity contribution in [3.8, 4) is 0 Å². The Hall–Kier alpha value is -0.550. The lowest BCUT2D eigenvalue weighted by atomic mass is 9.66. The van der Waals surface area contributed by atoms with Gasteiger partial charge in [0.15, 0.2) is 11.4 Å². The van der Waals surface area contributed by atoms with E-state index in [4.69, 9.17) is 4.74 Å². The van der Waals surface area contributed by atoms with Gasteiger partial charge in [-0.3, -0.25) is 4.79 Å². The van der Waals surface area contributed by atoms with Crippen LogP contribution in [0.2, 0.25) is 0 Å². The maximum atomic E-state index is 13.2. The van der Waals surface area contributed by atoms with Gasteiger partial charge in [-0.05, 0) is 19.8 Å². The summed E-state index contributed by atoms with van der Waals surface area (Å²) in [5.74, 6) is -3.03. The van der Waals surface area contributed by atoms with Gasteiger partial charge in [0.1, 0.15) is 5.60 Å². The van der Waals surface area contributed by atoms with Crippen molar-refractivity contribution in [3.63, 3.8) is 0 Å². The smallest absolute Gasteiger partial charge is 0.248 e. The molecule has 0 aromatic rings.